The fourth-order valence-electron chi connectivity index (χ4n) is 7.75. The summed E-state index contributed by atoms with van der Waals surface area (Å²) >= 11 is 0. The summed E-state index contributed by atoms with van der Waals surface area (Å²) in [6, 6.07) is 0. The number of hydrogen-bond donors (Lipinski definition) is 3. The third-order valence-corrected chi connectivity index (χ3v) is 10.7. The Morgan fingerprint density at radius 3 is 1.95 bits per heavy atom. The second kappa shape index (κ2) is 25.3. The number of imide groups is 1. The topological polar surface area (TPSA) is 231 Å². The summed E-state index contributed by atoms with van der Waals surface area (Å²) in [6.07, 6.45) is 12.6. The van der Waals surface area contributed by atoms with Gasteiger partial charge in [-0.1, -0.05) is 5.06 Å². The number of nitrogens with zero attached hydrogens (tertiary/aromatic N) is 1. The Labute approximate surface area is 335 Å². The normalized spacial score (nSPS) is 29.1. The molecule has 0 aromatic rings. The summed E-state index contributed by atoms with van der Waals surface area (Å²) in [5.41, 5.74) is -1.14. The van der Waals surface area contributed by atoms with E-state index in [9.17, 15) is 33.9 Å². The molecule has 3 saturated heterocycles. The lowest BCUT2D eigenvalue weighted by molar-refractivity contribution is -0.221. The van der Waals surface area contributed by atoms with E-state index in [1.807, 2.05) is 0 Å². The number of amides is 2. The third-order valence-electron chi connectivity index (χ3n) is 10.7. The van der Waals surface area contributed by atoms with Gasteiger partial charge in [-0.15, -0.1) is 0 Å². The predicted molar refractivity (Wildman–Crippen MR) is 200 cm³/mol. The predicted octanol–water partition coefficient (Wildman–Crippen LogP) is 4.27. The molecular weight excluding hydrogens is 750 g/mol. The van der Waals surface area contributed by atoms with E-state index in [1.165, 1.54) is 0 Å². The number of hydroxylamine groups is 2. The number of rotatable bonds is 13. The van der Waals surface area contributed by atoms with Crippen LogP contribution in [0.15, 0.2) is 0 Å². The minimum Gasteiger partial charge on any atom is -0.466 e. The van der Waals surface area contributed by atoms with Crippen molar-refractivity contribution in [3.8, 4) is 0 Å². The smallest absolute Gasteiger partial charge is 0.466 e. The molecule has 2 amide bonds. The van der Waals surface area contributed by atoms with Crippen molar-refractivity contribution >= 4 is 35.7 Å². The summed E-state index contributed by atoms with van der Waals surface area (Å²) in [4.78, 5) is 71.1. The van der Waals surface area contributed by atoms with Gasteiger partial charge in [0.05, 0.1) is 24.9 Å². The number of ether oxygens (including phenoxy) is 6. The molecule has 0 aromatic heterocycles. The van der Waals surface area contributed by atoms with Gasteiger partial charge in [0.2, 0.25) is 0 Å². The van der Waals surface area contributed by atoms with E-state index in [1.54, 1.807) is 13.8 Å². The zero-order valence-corrected chi connectivity index (χ0v) is 33.8. The van der Waals surface area contributed by atoms with Crippen LogP contribution in [0, 0.1) is 0 Å². The van der Waals surface area contributed by atoms with Crippen molar-refractivity contribution in [3.05, 3.63) is 0 Å². The van der Waals surface area contributed by atoms with Crippen LogP contribution in [0.4, 0.5) is 4.79 Å². The highest BCUT2D eigenvalue weighted by atomic mass is 16.8. The quantitative estimate of drug-likeness (QED) is 0.134. The zero-order chi connectivity index (χ0) is 41.7. The Kier molecular flexibility index (Phi) is 21.4. The molecule has 3 N–H and O–H groups in total. The van der Waals surface area contributed by atoms with Crippen molar-refractivity contribution in [3.63, 3.8) is 0 Å². The summed E-state index contributed by atoms with van der Waals surface area (Å²) in [7, 11) is 0. The number of aliphatic hydroxyl groups is 3. The highest BCUT2D eigenvalue weighted by Crippen LogP contribution is 2.43. The van der Waals surface area contributed by atoms with Crippen molar-refractivity contribution in [2.75, 3.05) is 33.0 Å². The van der Waals surface area contributed by atoms with Crippen molar-refractivity contribution in [2.45, 2.75) is 184 Å². The van der Waals surface area contributed by atoms with Crippen LogP contribution in [-0.2, 0) is 57.2 Å². The number of carbonyl (C=O) groups is 6. The van der Waals surface area contributed by atoms with Gasteiger partial charge in [-0.05, 0) is 117 Å². The van der Waals surface area contributed by atoms with E-state index in [-0.39, 0.29) is 68.5 Å². The highest BCUT2D eigenvalue weighted by Gasteiger charge is 2.49. The molecule has 3 heterocycles. The maximum Gasteiger partial charge on any atom is 0.534 e. The molecule has 6 unspecified atom stereocenters. The first kappa shape index (κ1) is 48.2. The molecule has 3 aliphatic heterocycles. The van der Waals surface area contributed by atoms with Gasteiger partial charge in [-0.2, -0.15) is 0 Å². The average molecular weight is 816 g/mol. The molecule has 0 radical (unpaired) electrons. The Bertz CT molecular complexity index is 1240. The molecule has 6 atom stereocenters. The number of carbonyl (C=O) groups excluding carboxylic acids is 6. The summed E-state index contributed by atoms with van der Waals surface area (Å²) in [5, 5.41) is 28.5. The third kappa shape index (κ3) is 16.2. The molecule has 17 nitrogen and oxygen atoms in total. The van der Waals surface area contributed by atoms with Crippen LogP contribution in [0.3, 0.4) is 0 Å². The number of esters is 2. The van der Waals surface area contributed by atoms with Crippen LogP contribution in [0.25, 0.3) is 0 Å². The molecule has 17 heteroatoms. The van der Waals surface area contributed by atoms with E-state index in [4.69, 9.17) is 43.5 Å². The van der Waals surface area contributed by atoms with Crippen molar-refractivity contribution < 1.29 is 77.3 Å². The molecule has 3 aliphatic carbocycles. The molecular formula is C40H65NO16. The lowest BCUT2D eigenvalue weighted by Crippen LogP contribution is -2.42. The van der Waals surface area contributed by atoms with E-state index in [0.29, 0.717) is 57.0 Å². The molecule has 0 aromatic carbocycles. The van der Waals surface area contributed by atoms with Crippen molar-refractivity contribution in [2.24, 2.45) is 0 Å². The van der Waals surface area contributed by atoms with E-state index in [0.717, 1.165) is 83.7 Å². The van der Waals surface area contributed by atoms with Gasteiger partial charge in [0, 0.05) is 51.9 Å². The maximum absolute atomic E-state index is 11.7. The van der Waals surface area contributed by atoms with E-state index in [2.05, 4.69) is 0 Å². The van der Waals surface area contributed by atoms with Crippen molar-refractivity contribution in [1.29, 1.82) is 0 Å². The summed E-state index contributed by atoms with van der Waals surface area (Å²) in [6.45, 7) is 5.86. The van der Waals surface area contributed by atoms with Gasteiger partial charge < -0.3 is 43.7 Å². The van der Waals surface area contributed by atoms with Gasteiger partial charge in [-0.25, -0.2) is 4.79 Å². The van der Waals surface area contributed by atoms with E-state index < -0.39 is 35.3 Å². The zero-order valence-electron chi connectivity index (χ0n) is 33.8. The number of Topliss-reactive ketones (excluding diaryl/α,β-unsaturated/α-hetero) is 1. The first-order valence-electron chi connectivity index (χ1n) is 20.9. The summed E-state index contributed by atoms with van der Waals surface area (Å²) < 4.78 is 31.9. The van der Waals surface area contributed by atoms with Crippen LogP contribution in [-0.4, -0.2) is 125 Å². The molecule has 3 saturated carbocycles. The largest absolute Gasteiger partial charge is 0.534 e. The van der Waals surface area contributed by atoms with Crippen LogP contribution in [0.5, 0.6) is 0 Å². The minimum atomic E-state index is -1.00. The number of ketones is 1. The van der Waals surface area contributed by atoms with Gasteiger partial charge in [0.1, 0.15) is 17.8 Å². The fourth-order valence-corrected chi connectivity index (χ4v) is 7.75. The number of aliphatic hydroxyl groups excluding tert-OH is 2. The van der Waals surface area contributed by atoms with Crippen LogP contribution in [0.2, 0.25) is 0 Å². The van der Waals surface area contributed by atoms with Gasteiger partial charge in [-0.3, -0.25) is 28.8 Å². The van der Waals surface area contributed by atoms with Gasteiger partial charge >= 0.3 is 18.1 Å². The minimum absolute atomic E-state index is 0.0139. The first-order chi connectivity index (χ1) is 27.4. The average Bonchev–Trinajstić information content (AvgIpc) is 4.04. The molecule has 326 valence electrons. The molecule has 6 fully saturated rings. The Hall–Kier alpha value is -3.22. The fraction of sp³-hybridized carbons (Fsp3) is 0.850. The van der Waals surface area contributed by atoms with Crippen molar-refractivity contribution in [1.82, 2.24) is 5.06 Å². The highest BCUT2D eigenvalue weighted by molar-refractivity contribution is 6.01. The van der Waals surface area contributed by atoms with Crippen LogP contribution < -0.4 is 0 Å². The monoisotopic (exact) mass is 815 g/mol. The molecule has 57 heavy (non-hydrogen) atoms. The second-order valence-corrected chi connectivity index (χ2v) is 15.0. The standard InChI is InChI=1S/C13H17NO6.C13H24O4.C9H16O4.C5H8O2/c15-10-4-5-11(16)14(10)20-12(17)19-9-3-1-6-13(9)7-2-8-18-13;14-9-4-8-13(15)7-3-5-11(13)17-12-6-1-2-10-16-12;1-3-12-8(10)6-5-7-9(11)13-4-2;6-4-2-1-3-5(4)7/h9H,1-8H2;11-12,14-15H,1-10H2;3-7H2,1-2H3;4,6H,1-3H2. The lowest BCUT2D eigenvalue weighted by Gasteiger charge is -2.34. The molecule has 0 bridgehead atoms. The van der Waals surface area contributed by atoms with Gasteiger partial charge in [0.15, 0.2) is 12.1 Å². The lowest BCUT2D eigenvalue weighted by atomic mass is 9.94. The SMILES string of the molecule is CCOC(=O)CCCC(=O)OCC.O=C(OC1CCCC12CCCO2)ON1C(=O)CCC1=O.O=C1CCCC1O.OCCCC1(O)CCCC1OC1CCCCO1. The molecule has 6 aliphatic rings. The first-order valence-corrected chi connectivity index (χ1v) is 20.9. The Morgan fingerprint density at radius 2 is 1.42 bits per heavy atom. The van der Waals surface area contributed by atoms with Crippen LogP contribution >= 0.6 is 0 Å². The molecule has 1 spiro atoms. The second-order valence-electron chi connectivity index (χ2n) is 15.0. The van der Waals surface area contributed by atoms with Crippen LogP contribution in [0.1, 0.15) is 149 Å². The molecule has 6 rings (SSSR count). The van der Waals surface area contributed by atoms with E-state index >= 15 is 0 Å². The Morgan fingerprint density at radius 1 is 0.772 bits per heavy atom. The Balaban J connectivity index is 0.000000215. The van der Waals surface area contributed by atoms with Gasteiger partial charge in [0.25, 0.3) is 11.8 Å². The number of hydrogen-bond acceptors (Lipinski definition) is 16. The summed E-state index contributed by atoms with van der Waals surface area (Å²) in [5.74, 6) is -1.52. The maximum atomic E-state index is 11.7.